The van der Waals surface area contributed by atoms with Gasteiger partial charge in [-0.1, -0.05) is 181 Å². The summed E-state index contributed by atoms with van der Waals surface area (Å²) in [5.74, 6) is 0. The molecule has 0 bridgehead atoms. The molecular weight excluding hydrogens is 887 g/mol. The van der Waals surface area contributed by atoms with E-state index in [1.165, 1.54) is 105 Å². The smallest absolute Gasteiger partial charge is 0.144 e. The monoisotopic (exact) mass is 939 g/mol. The number of rotatable bonds is 5. The molecule has 0 fully saturated rings. The average Bonchev–Trinajstić information content (AvgIpc) is 4.17. The third-order valence-corrected chi connectivity index (χ3v) is 17.2. The minimum atomic E-state index is -0.340. The minimum Gasteiger partial charge on any atom is -0.455 e. The van der Waals surface area contributed by atoms with Crippen molar-refractivity contribution in [3.8, 4) is 55.6 Å². The van der Waals surface area contributed by atoms with Gasteiger partial charge in [-0.05, 0) is 145 Å². The highest BCUT2D eigenvalue weighted by Crippen LogP contribution is 2.64. The second kappa shape index (κ2) is 14.6. The molecule has 3 aliphatic carbocycles. The molecule has 0 radical (unpaired) electrons. The van der Waals surface area contributed by atoms with Crippen molar-refractivity contribution in [2.24, 2.45) is 0 Å². The van der Waals surface area contributed by atoms with Crippen molar-refractivity contribution >= 4 is 60.9 Å². The zero-order valence-electron chi connectivity index (χ0n) is 42.2. The number of benzene rings is 10. The quantitative estimate of drug-likeness (QED) is 0.172. The molecule has 0 atom stereocenters. The number of hydrogen-bond donors (Lipinski definition) is 0. The summed E-state index contributed by atoms with van der Waals surface area (Å²) in [7, 11) is 0. The summed E-state index contributed by atoms with van der Waals surface area (Å²) < 4.78 is 14.0. The second-order valence-electron chi connectivity index (χ2n) is 22.4. The van der Waals surface area contributed by atoms with Gasteiger partial charge in [0, 0.05) is 66.0 Å². The number of furan rings is 2. The molecule has 0 amide bonds. The van der Waals surface area contributed by atoms with Crippen LogP contribution in [0.2, 0.25) is 0 Å². The van der Waals surface area contributed by atoms with Crippen LogP contribution in [0.3, 0.4) is 0 Å². The normalized spacial score (nSPS) is 15.1. The zero-order chi connectivity index (χ0) is 49.3. The zero-order valence-corrected chi connectivity index (χ0v) is 42.2. The second-order valence-corrected chi connectivity index (χ2v) is 22.4. The van der Waals surface area contributed by atoms with Gasteiger partial charge in [-0.3, -0.25) is 0 Å². The number of para-hydroxylation sites is 2. The highest BCUT2D eigenvalue weighted by atomic mass is 16.3. The van der Waals surface area contributed by atoms with E-state index < -0.39 is 0 Å². The van der Waals surface area contributed by atoms with E-state index in [0.29, 0.717) is 0 Å². The molecule has 0 aliphatic heterocycles. The maximum atomic E-state index is 7.00. The lowest BCUT2D eigenvalue weighted by molar-refractivity contribution is 0.600. The molecule has 3 nitrogen and oxygen atoms in total. The lowest BCUT2D eigenvalue weighted by Crippen LogP contribution is -2.24. The Balaban J connectivity index is 0.938. The SMILES string of the molecule is Cc1cccc(N(c2ccc3c(c2)C(C)(C)c2cc(-c4ccccc4-c4ccccc4)c4oc5ccccc5c4c2-3)c2ccc3c(c2)C(C)(C)c2c4c(c5oc6ccccc6c5c2-3)-c2ccccc2C4(C)C)c1. The van der Waals surface area contributed by atoms with Gasteiger partial charge in [0.05, 0.1) is 0 Å². The lowest BCUT2D eigenvalue weighted by Gasteiger charge is -2.32. The van der Waals surface area contributed by atoms with Gasteiger partial charge >= 0.3 is 0 Å². The summed E-state index contributed by atoms with van der Waals surface area (Å²) in [5, 5.41) is 4.71. The fourth-order valence-electron chi connectivity index (χ4n) is 13.9. The third kappa shape index (κ3) is 5.60. The topological polar surface area (TPSA) is 29.5 Å². The first-order valence-corrected chi connectivity index (χ1v) is 25.8. The molecule has 350 valence electrons. The summed E-state index contributed by atoms with van der Waals surface area (Å²) in [4.78, 5) is 2.49. The van der Waals surface area contributed by atoms with Gasteiger partial charge in [-0.25, -0.2) is 0 Å². The number of hydrogen-bond acceptors (Lipinski definition) is 3. The molecule has 2 aromatic heterocycles. The third-order valence-electron chi connectivity index (χ3n) is 17.2. The molecule has 3 aliphatic rings. The van der Waals surface area contributed by atoms with Crippen LogP contribution in [-0.2, 0) is 16.2 Å². The molecule has 3 heteroatoms. The van der Waals surface area contributed by atoms with Crippen molar-refractivity contribution in [3.05, 3.63) is 233 Å². The summed E-state index contributed by atoms with van der Waals surface area (Å²) >= 11 is 0. The molecule has 0 saturated heterocycles. The van der Waals surface area contributed by atoms with E-state index in [2.05, 4.69) is 247 Å². The standard InChI is InChI=1S/C70H53NO2/c1-40-20-19-23-42(36-40)71(44-33-35-49-55(38-44)70(6,7)64-60(49)62-51-28-15-18-31-58(51)73-67(62)63-47-26-13-16-29-53(47)69(4,5)65(63)64)43-32-34-48-54(37-43)68(2,3)56-39-52(46-25-12-11-24-45(46)41-21-9-8-10-22-41)66-61(59(48)56)50-27-14-17-30-57(50)72-66/h8-39H,1-7H3. The van der Waals surface area contributed by atoms with Crippen molar-refractivity contribution in [1.82, 2.24) is 0 Å². The molecular formula is C70H53NO2. The highest BCUT2D eigenvalue weighted by molar-refractivity contribution is 6.22. The number of aryl methyl sites for hydroxylation is 1. The van der Waals surface area contributed by atoms with E-state index in [1.54, 1.807) is 0 Å². The Bertz CT molecular complexity index is 4370. The highest BCUT2D eigenvalue weighted by Gasteiger charge is 2.49. The fraction of sp³-hybridized carbons (Fsp3) is 0.143. The first kappa shape index (κ1) is 42.3. The average molecular weight is 940 g/mol. The van der Waals surface area contributed by atoms with E-state index >= 15 is 0 Å². The summed E-state index contributed by atoms with van der Waals surface area (Å²) in [5.41, 5.74) is 27.9. The van der Waals surface area contributed by atoms with Gasteiger partial charge in [0.2, 0.25) is 0 Å². The first-order valence-electron chi connectivity index (χ1n) is 25.8. The van der Waals surface area contributed by atoms with Gasteiger partial charge in [-0.2, -0.15) is 0 Å². The molecule has 2 heterocycles. The van der Waals surface area contributed by atoms with E-state index in [0.717, 1.165) is 50.3 Å². The predicted octanol–water partition coefficient (Wildman–Crippen LogP) is 19.5. The van der Waals surface area contributed by atoms with Crippen molar-refractivity contribution < 1.29 is 8.83 Å². The Morgan fingerprint density at radius 3 is 1.56 bits per heavy atom. The van der Waals surface area contributed by atoms with Gasteiger partial charge in [-0.15, -0.1) is 0 Å². The molecule has 0 spiro atoms. The summed E-state index contributed by atoms with van der Waals surface area (Å²) in [6.07, 6.45) is 0. The van der Waals surface area contributed by atoms with Gasteiger partial charge < -0.3 is 13.7 Å². The van der Waals surface area contributed by atoms with Crippen LogP contribution in [0.15, 0.2) is 203 Å². The first-order chi connectivity index (χ1) is 35.4. The van der Waals surface area contributed by atoms with Crippen LogP contribution in [0.5, 0.6) is 0 Å². The molecule has 73 heavy (non-hydrogen) atoms. The van der Waals surface area contributed by atoms with E-state index in [4.69, 9.17) is 8.83 Å². The molecule has 0 N–H and O–H groups in total. The molecule has 12 aromatic rings. The van der Waals surface area contributed by atoms with E-state index in [-0.39, 0.29) is 16.2 Å². The largest absolute Gasteiger partial charge is 0.455 e. The van der Waals surface area contributed by atoms with Crippen LogP contribution >= 0.6 is 0 Å². The molecule has 10 aromatic carbocycles. The molecule has 0 unspecified atom stereocenters. The van der Waals surface area contributed by atoms with Crippen LogP contribution in [0.1, 0.15) is 80.5 Å². The maximum Gasteiger partial charge on any atom is 0.144 e. The predicted molar refractivity (Wildman–Crippen MR) is 304 cm³/mol. The number of nitrogens with zero attached hydrogens (tertiary/aromatic N) is 1. The van der Waals surface area contributed by atoms with Gasteiger partial charge in [0.15, 0.2) is 0 Å². The number of fused-ring (bicyclic) bond motifs is 19. The Hall–Kier alpha value is -8.40. The van der Waals surface area contributed by atoms with Crippen LogP contribution in [0, 0.1) is 6.92 Å². The fourth-order valence-corrected chi connectivity index (χ4v) is 13.9. The Morgan fingerprint density at radius 2 is 0.863 bits per heavy atom. The van der Waals surface area contributed by atoms with Crippen LogP contribution in [0.4, 0.5) is 17.1 Å². The van der Waals surface area contributed by atoms with Crippen molar-refractivity contribution in [1.29, 1.82) is 0 Å². The van der Waals surface area contributed by atoms with Crippen LogP contribution in [0.25, 0.3) is 99.5 Å². The number of anilines is 3. The van der Waals surface area contributed by atoms with E-state index in [9.17, 15) is 0 Å². The Labute approximate surface area is 426 Å². The van der Waals surface area contributed by atoms with Gasteiger partial charge in [0.1, 0.15) is 22.3 Å². The summed E-state index contributed by atoms with van der Waals surface area (Å²) in [6.45, 7) is 16.7. The minimum absolute atomic E-state index is 0.228. The maximum absolute atomic E-state index is 7.00. The summed E-state index contributed by atoms with van der Waals surface area (Å²) in [6, 6.07) is 71.6. The molecule has 0 saturated carbocycles. The Morgan fingerprint density at radius 1 is 0.342 bits per heavy atom. The lowest BCUT2D eigenvalue weighted by atomic mass is 9.72. The van der Waals surface area contributed by atoms with Crippen molar-refractivity contribution in [2.45, 2.75) is 64.7 Å². The van der Waals surface area contributed by atoms with Crippen LogP contribution < -0.4 is 4.90 Å². The van der Waals surface area contributed by atoms with Crippen molar-refractivity contribution in [3.63, 3.8) is 0 Å². The van der Waals surface area contributed by atoms with Crippen LogP contribution in [-0.4, -0.2) is 0 Å². The Kier molecular flexibility index (Phi) is 8.47. The van der Waals surface area contributed by atoms with Crippen molar-refractivity contribution in [2.75, 3.05) is 4.90 Å². The molecule has 15 rings (SSSR count). The van der Waals surface area contributed by atoms with E-state index in [1.807, 2.05) is 0 Å². The van der Waals surface area contributed by atoms with Gasteiger partial charge in [0.25, 0.3) is 0 Å².